The third-order valence-electron chi connectivity index (χ3n) is 8.87. The number of nitrogens with zero attached hydrogens (tertiary/aromatic N) is 5. The molecule has 4 heterocycles. The van der Waals surface area contributed by atoms with E-state index in [4.69, 9.17) is 4.74 Å². The molecule has 2 saturated heterocycles. The highest BCUT2D eigenvalue weighted by molar-refractivity contribution is 7.11. The fraction of sp³-hybridized carbons (Fsp3) is 0.516. The minimum Gasteiger partial charge on any atom is -0.481 e. The molecule has 3 aliphatic rings. The summed E-state index contributed by atoms with van der Waals surface area (Å²) in [5, 5.41) is 17.3. The van der Waals surface area contributed by atoms with Crippen LogP contribution < -0.4 is 5.32 Å². The van der Waals surface area contributed by atoms with Gasteiger partial charge in [0.1, 0.15) is 12.1 Å². The third-order valence-corrected chi connectivity index (χ3v) is 9.65. The number of amidine groups is 1. The summed E-state index contributed by atoms with van der Waals surface area (Å²) in [5.41, 5.74) is -1.03. The molecule has 0 bridgehead atoms. The molecule has 0 spiro atoms. The minimum atomic E-state index is -3.33. The Morgan fingerprint density at radius 1 is 1.23 bits per heavy atom. The van der Waals surface area contributed by atoms with Crippen molar-refractivity contribution in [3.8, 4) is 0 Å². The van der Waals surface area contributed by atoms with E-state index in [1.54, 1.807) is 12.3 Å². The summed E-state index contributed by atoms with van der Waals surface area (Å²) in [5.74, 6) is -7.70. The van der Waals surface area contributed by atoms with E-state index in [1.165, 1.54) is 66.2 Å². The second kappa shape index (κ2) is 13.0. The molecule has 254 valence electrons. The second-order valence-corrected chi connectivity index (χ2v) is 13.3. The molecule has 2 aromatic rings. The highest BCUT2D eigenvalue weighted by Crippen LogP contribution is 2.43. The quantitative estimate of drug-likeness (QED) is 0.284. The third kappa shape index (κ3) is 6.50. The number of aliphatic carboxylic acids is 1. The number of carboxylic acids is 1. The van der Waals surface area contributed by atoms with Gasteiger partial charge in [-0.3, -0.25) is 24.5 Å². The van der Waals surface area contributed by atoms with E-state index in [1.807, 2.05) is 0 Å². The van der Waals surface area contributed by atoms with Crippen molar-refractivity contribution in [2.24, 2.45) is 10.4 Å². The number of ether oxygens (including phenoxy) is 1. The van der Waals surface area contributed by atoms with Gasteiger partial charge in [-0.25, -0.2) is 32.3 Å². The van der Waals surface area contributed by atoms with Gasteiger partial charge < -0.3 is 15.2 Å². The van der Waals surface area contributed by atoms with Crippen LogP contribution in [0.3, 0.4) is 0 Å². The monoisotopic (exact) mass is 680 g/mol. The average Bonchev–Trinajstić information content (AvgIpc) is 3.72. The van der Waals surface area contributed by atoms with Gasteiger partial charge in [0.2, 0.25) is 5.91 Å². The van der Waals surface area contributed by atoms with Crippen molar-refractivity contribution in [3.05, 3.63) is 62.7 Å². The molecule has 0 saturated carbocycles. The van der Waals surface area contributed by atoms with E-state index >= 15 is 8.78 Å². The highest BCUT2D eigenvalue weighted by Gasteiger charge is 2.62. The molecular weight excluding hydrogens is 644 g/mol. The first-order valence-corrected chi connectivity index (χ1v) is 15.9. The van der Waals surface area contributed by atoms with Crippen LogP contribution in [-0.2, 0) is 19.1 Å². The van der Waals surface area contributed by atoms with Gasteiger partial charge in [-0.1, -0.05) is 6.07 Å². The molecule has 1 aromatic heterocycles. The summed E-state index contributed by atoms with van der Waals surface area (Å²) in [6, 6.07) is -1.29. The van der Waals surface area contributed by atoms with E-state index in [0.717, 1.165) is 6.07 Å². The molecule has 0 aliphatic carbocycles. The number of thiazole rings is 1. The maximum Gasteiger partial charge on any atom is 0.338 e. The SMILES string of the molecule is CCOC(=O)C1=C(CN2CC(F)(F)C3C2CN(C(C)=O)N3CCC(C)(C)C(=O)O)NC(c2nccs2)=NC1c1ccc(F)c(F)c1C. The first-order chi connectivity index (χ1) is 22.1. The molecule has 2 fully saturated rings. The van der Waals surface area contributed by atoms with Crippen molar-refractivity contribution >= 4 is 35.0 Å². The van der Waals surface area contributed by atoms with E-state index in [2.05, 4.69) is 15.3 Å². The number of hydrazine groups is 1. The van der Waals surface area contributed by atoms with Gasteiger partial charge in [0.15, 0.2) is 22.5 Å². The van der Waals surface area contributed by atoms with Crippen LogP contribution in [0.15, 0.2) is 40.0 Å². The molecule has 0 radical (unpaired) electrons. The predicted octanol–water partition coefficient (Wildman–Crippen LogP) is 3.91. The number of carbonyl (C=O) groups excluding carboxylic acids is 2. The lowest BCUT2D eigenvalue weighted by Gasteiger charge is -2.35. The predicted molar refractivity (Wildman–Crippen MR) is 164 cm³/mol. The van der Waals surface area contributed by atoms with Gasteiger partial charge in [-0.05, 0) is 51.3 Å². The number of carboxylic acid groups (broad SMARTS) is 1. The number of benzene rings is 1. The Labute approximate surface area is 272 Å². The van der Waals surface area contributed by atoms with Crippen LogP contribution >= 0.6 is 11.3 Å². The van der Waals surface area contributed by atoms with Crippen LogP contribution in [0.5, 0.6) is 0 Å². The molecule has 1 aromatic carbocycles. The number of likely N-dealkylation sites (tertiary alicyclic amines) is 1. The molecule has 1 amide bonds. The lowest BCUT2D eigenvalue weighted by molar-refractivity contribution is -0.156. The fourth-order valence-corrected chi connectivity index (χ4v) is 6.87. The number of carbonyl (C=O) groups is 3. The number of rotatable bonds is 10. The Balaban J connectivity index is 1.57. The van der Waals surface area contributed by atoms with Crippen molar-refractivity contribution in [2.75, 3.05) is 32.8 Å². The number of esters is 1. The topological polar surface area (TPSA) is 128 Å². The van der Waals surface area contributed by atoms with Crippen LogP contribution in [-0.4, -0.2) is 99.5 Å². The Morgan fingerprint density at radius 3 is 2.57 bits per heavy atom. The lowest BCUT2D eigenvalue weighted by atomic mass is 9.89. The lowest BCUT2D eigenvalue weighted by Crippen LogP contribution is -2.52. The van der Waals surface area contributed by atoms with Crippen LogP contribution in [0.4, 0.5) is 17.6 Å². The number of amides is 1. The number of hydrogen-bond acceptors (Lipinski definition) is 10. The van der Waals surface area contributed by atoms with Gasteiger partial charge in [0.25, 0.3) is 5.92 Å². The van der Waals surface area contributed by atoms with Gasteiger partial charge in [0, 0.05) is 37.3 Å². The summed E-state index contributed by atoms with van der Waals surface area (Å²) in [6.45, 7) is 6.01. The van der Waals surface area contributed by atoms with Gasteiger partial charge in [-0.2, -0.15) is 0 Å². The van der Waals surface area contributed by atoms with E-state index in [-0.39, 0.29) is 60.9 Å². The number of hydrogen-bond donors (Lipinski definition) is 2. The second-order valence-electron chi connectivity index (χ2n) is 12.4. The average molecular weight is 681 g/mol. The van der Waals surface area contributed by atoms with Gasteiger partial charge >= 0.3 is 11.9 Å². The van der Waals surface area contributed by atoms with Gasteiger partial charge in [0.05, 0.1) is 36.7 Å². The first kappa shape index (κ1) is 34.4. The van der Waals surface area contributed by atoms with Crippen molar-refractivity contribution < 1.29 is 41.8 Å². The van der Waals surface area contributed by atoms with Crippen molar-refractivity contribution in [3.63, 3.8) is 0 Å². The summed E-state index contributed by atoms with van der Waals surface area (Å²) in [4.78, 5) is 48.4. The molecule has 5 rings (SSSR count). The zero-order chi connectivity index (χ0) is 34.4. The molecule has 3 atom stereocenters. The Hall–Kier alpha value is -3.89. The normalized spacial score (nSPS) is 23.0. The molecule has 16 heteroatoms. The highest BCUT2D eigenvalue weighted by atomic mass is 32.1. The molecule has 3 aliphatic heterocycles. The van der Waals surface area contributed by atoms with Crippen molar-refractivity contribution in [1.82, 2.24) is 25.2 Å². The number of halogens is 4. The molecule has 2 N–H and O–H groups in total. The summed E-state index contributed by atoms with van der Waals surface area (Å²) >= 11 is 1.23. The van der Waals surface area contributed by atoms with Gasteiger partial charge in [-0.15, -0.1) is 11.3 Å². The standard InChI is InChI=1S/C31H36F4N6O5S/c1-6-46-28(43)22-20(37-26(27-36-10-12-47-27)38-24(22)18-7-8-19(32)23(33)16(18)2)13-39-15-31(34,35)25-21(39)14-41(17(3)42)40(25)11-9-30(4,5)29(44)45/h7-8,10,12,21,24-25H,6,9,11,13-15H2,1-5H3,(H,37,38)(H,44,45). The molecule has 11 nitrogen and oxygen atoms in total. The zero-order valence-electron chi connectivity index (χ0n) is 26.5. The fourth-order valence-electron chi connectivity index (χ4n) is 6.28. The summed E-state index contributed by atoms with van der Waals surface area (Å²) < 4.78 is 66.2. The molecule has 3 unspecified atom stereocenters. The number of aromatic nitrogens is 1. The summed E-state index contributed by atoms with van der Waals surface area (Å²) in [7, 11) is 0. The molecular formula is C31H36F4N6O5S. The maximum atomic E-state index is 15.9. The number of nitrogens with one attached hydrogen (secondary N) is 1. The van der Waals surface area contributed by atoms with Crippen LogP contribution in [0.25, 0.3) is 0 Å². The zero-order valence-corrected chi connectivity index (χ0v) is 27.3. The first-order valence-electron chi connectivity index (χ1n) is 15.1. The number of fused-ring (bicyclic) bond motifs is 1. The Morgan fingerprint density at radius 2 is 1.96 bits per heavy atom. The summed E-state index contributed by atoms with van der Waals surface area (Å²) in [6.07, 6.45) is 1.54. The Bertz CT molecular complexity index is 1630. The van der Waals surface area contributed by atoms with Crippen LogP contribution in [0, 0.1) is 24.0 Å². The number of aliphatic imine (C=N–C) groups is 1. The largest absolute Gasteiger partial charge is 0.481 e. The smallest absolute Gasteiger partial charge is 0.338 e. The van der Waals surface area contributed by atoms with E-state index < -0.39 is 65.5 Å². The van der Waals surface area contributed by atoms with Crippen molar-refractivity contribution in [2.45, 2.75) is 65.1 Å². The number of alkyl halides is 2. The van der Waals surface area contributed by atoms with Crippen molar-refractivity contribution in [1.29, 1.82) is 0 Å². The van der Waals surface area contributed by atoms with E-state index in [0.29, 0.717) is 5.01 Å². The maximum absolute atomic E-state index is 15.9. The molecule has 47 heavy (non-hydrogen) atoms. The Kier molecular flexibility index (Phi) is 9.50. The van der Waals surface area contributed by atoms with E-state index in [9.17, 15) is 28.3 Å². The van der Waals surface area contributed by atoms with Crippen LogP contribution in [0.2, 0.25) is 0 Å². The van der Waals surface area contributed by atoms with Crippen LogP contribution in [0.1, 0.15) is 56.3 Å². The minimum absolute atomic E-state index is 0.00796.